The van der Waals surface area contributed by atoms with Crippen LogP contribution in [0.2, 0.25) is 5.15 Å². The average Bonchev–Trinajstić information content (AvgIpc) is 2.48. The summed E-state index contributed by atoms with van der Waals surface area (Å²) >= 11 is 6.02. The van der Waals surface area contributed by atoms with Crippen LogP contribution in [0.1, 0.15) is 0 Å². The van der Waals surface area contributed by atoms with Crippen molar-refractivity contribution in [2.24, 2.45) is 0 Å². The normalized spacial score (nSPS) is 10.3. The van der Waals surface area contributed by atoms with Crippen LogP contribution in [-0.4, -0.2) is 37.4 Å². The van der Waals surface area contributed by atoms with E-state index in [4.69, 9.17) is 25.8 Å². The first-order chi connectivity index (χ1) is 9.77. The lowest BCUT2D eigenvalue weighted by atomic mass is 10.1. The summed E-state index contributed by atoms with van der Waals surface area (Å²) in [4.78, 5) is 8.15. The predicted molar refractivity (Wildman–Crippen MR) is 76.4 cm³/mol. The van der Waals surface area contributed by atoms with Crippen LogP contribution >= 0.6 is 11.6 Å². The van der Waals surface area contributed by atoms with Gasteiger partial charge in [0, 0.05) is 12.7 Å². The lowest BCUT2D eigenvalue weighted by Crippen LogP contribution is -2.05. The first kappa shape index (κ1) is 14.6. The maximum absolute atomic E-state index is 6.02. The summed E-state index contributed by atoms with van der Waals surface area (Å²) in [6.07, 6.45) is 1.39. The number of rotatable bonds is 6. The fourth-order valence-corrected chi connectivity index (χ4v) is 1.96. The van der Waals surface area contributed by atoms with E-state index >= 15 is 0 Å². The molecule has 20 heavy (non-hydrogen) atoms. The molecule has 0 aliphatic heterocycles. The van der Waals surface area contributed by atoms with Gasteiger partial charge in [0.05, 0.1) is 13.7 Å². The molecule has 0 aliphatic carbocycles. The molecule has 0 unspecified atom stereocenters. The Kier molecular flexibility index (Phi) is 5.15. The maximum Gasteiger partial charge on any atom is 0.182 e. The van der Waals surface area contributed by atoms with Crippen LogP contribution in [0.3, 0.4) is 0 Å². The van der Waals surface area contributed by atoms with Gasteiger partial charge in [0.1, 0.15) is 24.4 Å². The van der Waals surface area contributed by atoms with E-state index in [1.54, 1.807) is 7.11 Å². The zero-order chi connectivity index (χ0) is 14.4. The van der Waals surface area contributed by atoms with E-state index in [1.807, 2.05) is 24.3 Å². The van der Waals surface area contributed by atoms with Gasteiger partial charge in [-0.25, -0.2) is 9.97 Å². The molecule has 5 nitrogen and oxygen atoms in total. The second kappa shape index (κ2) is 7.07. The number of ether oxygens (including phenoxy) is 3. The van der Waals surface area contributed by atoms with E-state index in [-0.39, 0.29) is 5.15 Å². The van der Waals surface area contributed by atoms with Crippen LogP contribution < -0.4 is 9.47 Å². The Balaban J connectivity index is 2.40. The third-order valence-corrected chi connectivity index (χ3v) is 2.92. The second-order valence-corrected chi connectivity index (χ2v) is 4.24. The number of halogens is 1. The molecule has 0 aliphatic rings. The highest BCUT2D eigenvalue weighted by atomic mass is 35.5. The lowest BCUT2D eigenvalue weighted by Gasteiger charge is -2.13. The van der Waals surface area contributed by atoms with Gasteiger partial charge in [-0.05, 0) is 12.1 Å². The van der Waals surface area contributed by atoms with Gasteiger partial charge in [0.15, 0.2) is 10.9 Å². The van der Waals surface area contributed by atoms with E-state index < -0.39 is 0 Å². The molecule has 6 heteroatoms. The maximum atomic E-state index is 6.02. The van der Waals surface area contributed by atoms with Crippen molar-refractivity contribution < 1.29 is 14.2 Å². The quantitative estimate of drug-likeness (QED) is 0.606. The van der Waals surface area contributed by atoms with Gasteiger partial charge in [-0.15, -0.1) is 0 Å². The van der Waals surface area contributed by atoms with Crippen molar-refractivity contribution in [3.05, 3.63) is 35.7 Å². The van der Waals surface area contributed by atoms with Crippen LogP contribution in [0.4, 0.5) is 0 Å². The van der Waals surface area contributed by atoms with E-state index in [0.717, 1.165) is 5.56 Å². The Hall–Kier alpha value is -1.85. The van der Waals surface area contributed by atoms with Crippen molar-refractivity contribution in [3.8, 4) is 22.8 Å². The number of benzene rings is 1. The molecule has 1 aromatic carbocycles. The molecule has 0 spiro atoms. The molecular weight excluding hydrogens is 280 g/mol. The first-order valence-electron chi connectivity index (χ1n) is 6.03. The average molecular weight is 295 g/mol. The Morgan fingerprint density at radius 2 is 1.90 bits per heavy atom. The molecule has 0 saturated carbocycles. The van der Waals surface area contributed by atoms with Crippen LogP contribution in [0.15, 0.2) is 30.6 Å². The van der Waals surface area contributed by atoms with Crippen LogP contribution in [0, 0.1) is 0 Å². The van der Waals surface area contributed by atoms with E-state index in [9.17, 15) is 0 Å². The van der Waals surface area contributed by atoms with Crippen LogP contribution in [0.25, 0.3) is 11.3 Å². The Morgan fingerprint density at radius 1 is 1.10 bits per heavy atom. The molecule has 0 atom stereocenters. The molecule has 1 aromatic heterocycles. The topological polar surface area (TPSA) is 53.5 Å². The lowest BCUT2D eigenvalue weighted by molar-refractivity contribution is 0.146. The van der Waals surface area contributed by atoms with Gasteiger partial charge in [-0.3, -0.25) is 0 Å². The molecule has 0 radical (unpaired) electrons. The summed E-state index contributed by atoms with van der Waals surface area (Å²) in [6.45, 7) is 0.963. The number of methoxy groups -OCH3 is 2. The fourth-order valence-electron chi connectivity index (χ4n) is 1.75. The summed E-state index contributed by atoms with van der Waals surface area (Å²) < 4.78 is 15.9. The zero-order valence-corrected chi connectivity index (χ0v) is 12.1. The molecule has 0 saturated heterocycles. The van der Waals surface area contributed by atoms with Gasteiger partial charge in [0.25, 0.3) is 0 Å². The Morgan fingerprint density at radius 3 is 2.65 bits per heavy atom. The summed E-state index contributed by atoms with van der Waals surface area (Å²) in [7, 11) is 3.16. The number of hydrogen-bond acceptors (Lipinski definition) is 5. The van der Waals surface area contributed by atoms with Crippen molar-refractivity contribution in [3.63, 3.8) is 0 Å². The third kappa shape index (κ3) is 3.18. The van der Waals surface area contributed by atoms with Crippen molar-refractivity contribution in [2.45, 2.75) is 0 Å². The molecule has 0 amide bonds. The standard InChI is InChI=1S/C14H15ClN2O3/c1-18-7-8-20-11-6-4-3-5-10(11)12-13(19-2)14(15)17-9-16-12/h3-6,9H,7-8H2,1-2H3. The summed E-state index contributed by atoms with van der Waals surface area (Å²) in [6, 6.07) is 7.54. The van der Waals surface area contributed by atoms with Crippen molar-refractivity contribution in [2.75, 3.05) is 27.4 Å². The summed E-state index contributed by atoms with van der Waals surface area (Å²) in [5, 5.41) is 0.268. The Labute approximate surface area is 122 Å². The van der Waals surface area contributed by atoms with Gasteiger partial charge < -0.3 is 14.2 Å². The van der Waals surface area contributed by atoms with Crippen LogP contribution in [0.5, 0.6) is 11.5 Å². The zero-order valence-electron chi connectivity index (χ0n) is 11.3. The highest BCUT2D eigenvalue weighted by Crippen LogP contribution is 2.37. The van der Waals surface area contributed by atoms with Crippen molar-refractivity contribution in [1.29, 1.82) is 0 Å². The highest BCUT2D eigenvalue weighted by molar-refractivity contribution is 6.31. The van der Waals surface area contributed by atoms with Gasteiger partial charge >= 0.3 is 0 Å². The van der Waals surface area contributed by atoms with Crippen LogP contribution in [-0.2, 0) is 4.74 Å². The molecule has 2 aromatic rings. The van der Waals surface area contributed by atoms with E-state index in [2.05, 4.69) is 9.97 Å². The molecular formula is C14H15ClN2O3. The van der Waals surface area contributed by atoms with E-state index in [1.165, 1.54) is 13.4 Å². The summed E-state index contributed by atoms with van der Waals surface area (Å²) in [5.74, 6) is 1.12. The predicted octanol–water partition coefficient (Wildman–Crippen LogP) is 2.83. The fraction of sp³-hybridized carbons (Fsp3) is 0.286. The highest BCUT2D eigenvalue weighted by Gasteiger charge is 2.16. The molecule has 0 N–H and O–H groups in total. The number of para-hydroxylation sites is 1. The smallest absolute Gasteiger partial charge is 0.182 e. The Bertz CT molecular complexity index is 578. The van der Waals surface area contributed by atoms with E-state index in [0.29, 0.717) is 30.4 Å². The van der Waals surface area contributed by atoms with Gasteiger partial charge in [-0.1, -0.05) is 23.7 Å². The molecule has 0 bridgehead atoms. The number of aromatic nitrogens is 2. The van der Waals surface area contributed by atoms with Crippen molar-refractivity contribution >= 4 is 11.6 Å². The minimum Gasteiger partial charge on any atom is -0.491 e. The molecule has 106 valence electrons. The van der Waals surface area contributed by atoms with Crippen molar-refractivity contribution in [1.82, 2.24) is 9.97 Å². The monoisotopic (exact) mass is 294 g/mol. The first-order valence-corrected chi connectivity index (χ1v) is 6.41. The third-order valence-electron chi connectivity index (χ3n) is 2.65. The molecule has 2 rings (SSSR count). The number of nitrogens with zero attached hydrogens (tertiary/aromatic N) is 2. The SMILES string of the molecule is COCCOc1ccccc1-c1ncnc(Cl)c1OC. The second-order valence-electron chi connectivity index (χ2n) is 3.88. The number of hydrogen-bond donors (Lipinski definition) is 0. The summed E-state index contributed by atoms with van der Waals surface area (Å²) in [5.41, 5.74) is 1.39. The molecule has 0 fully saturated rings. The minimum atomic E-state index is 0.268. The van der Waals surface area contributed by atoms with Gasteiger partial charge in [-0.2, -0.15) is 0 Å². The minimum absolute atomic E-state index is 0.268. The van der Waals surface area contributed by atoms with Gasteiger partial charge in [0.2, 0.25) is 0 Å². The molecule has 1 heterocycles. The largest absolute Gasteiger partial charge is 0.491 e.